The molecule has 4 rings (SSSR count). The summed E-state index contributed by atoms with van der Waals surface area (Å²) in [5.74, 6) is -3.33. The van der Waals surface area contributed by atoms with Crippen LogP contribution in [0.2, 0.25) is 0 Å². The van der Waals surface area contributed by atoms with Crippen molar-refractivity contribution in [1.29, 1.82) is 0 Å². The Labute approximate surface area is 165 Å². The highest BCUT2D eigenvalue weighted by atomic mass is 19.3. The number of hydrogen-bond acceptors (Lipinski definition) is 5. The van der Waals surface area contributed by atoms with E-state index in [4.69, 9.17) is 4.74 Å². The number of nitrogens with zero attached hydrogens (tertiary/aromatic N) is 4. The predicted octanol–water partition coefficient (Wildman–Crippen LogP) is 1.96. The van der Waals surface area contributed by atoms with E-state index in [1.165, 1.54) is 11.8 Å². The molecule has 0 bridgehead atoms. The van der Waals surface area contributed by atoms with Gasteiger partial charge in [-0.3, -0.25) is 9.59 Å². The van der Waals surface area contributed by atoms with Crippen molar-refractivity contribution < 1.29 is 23.1 Å². The molecule has 0 radical (unpaired) electrons. The van der Waals surface area contributed by atoms with Crippen molar-refractivity contribution in [2.24, 2.45) is 0 Å². The topological polar surface area (TPSA) is 89.3 Å². The average molecular weight is 405 g/mol. The number of alkyl halides is 2. The highest BCUT2D eigenvalue weighted by molar-refractivity contribution is 6.02. The molecule has 0 saturated heterocycles. The first-order valence-electron chi connectivity index (χ1n) is 9.45. The third-order valence-corrected chi connectivity index (χ3v) is 5.37. The first kappa shape index (κ1) is 19.3. The van der Waals surface area contributed by atoms with Crippen LogP contribution in [0.15, 0.2) is 24.3 Å². The van der Waals surface area contributed by atoms with E-state index in [9.17, 15) is 18.4 Å². The minimum Gasteiger partial charge on any atom is -0.489 e. The number of halogens is 2. The van der Waals surface area contributed by atoms with Gasteiger partial charge in [-0.1, -0.05) is 19.1 Å². The molecule has 1 N–H and O–H groups in total. The molecule has 8 nitrogen and oxygen atoms in total. The van der Waals surface area contributed by atoms with Crippen molar-refractivity contribution in [2.75, 3.05) is 18.6 Å². The summed E-state index contributed by atoms with van der Waals surface area (Å²) in [7, 11) is 1.59. The van der Waals surface area contributed by atoms with Gasteiger partial charge in [0.05, 0.1) is 5.69 Å². The van der Waals surface area contributed by atoms with Gasteiger partial charge in [0.15, 0.2) is 0 Å². The number of nitrogens with one attached hydrogen (secondary N) is 1. The lowest BCUT2D eigenvalue weighted by molar-refractivity contribution is -0.120. The van der Waals surface area contributed by atoms with Crippen molar-refractivity contribution in [2.45, 2.75) is 44.2 Å². The number of anilines is 1. The number of fused-ring (bicyclic) bond motifs is 2. The van der Waals surface area contributed by atoms with E-state index in [-0.39, 0.29) is 31.2 Å². The number of carbonyl (C=O) groups excluding carboxylic acids is 2. The van der Waals surface area contributed by atoms with Crippen LogP contribution in [0.5, 0.6) is 5.75 Å². The van der Waals surface area contributed by atoms with E-state index in [0.29, 0.717) is 23.7 Å². The molecule has 2 aliphatic heterocycles. The van der Waals surface area contributed by atoms with Gasteiger partial charge >= 0.3 is 0 Å². The minimum absolute atomic E-state index is 0.0595. The van der Waals surface area contributed by atoms with Gasteiger partial charge < -0.3 is 15.0 Å². The Balaban J connectivity index is 1.51. The van der Waals surface area contributed by atoms with Crippen molar-refractivity contribution in [3.8, 4) is 5.75 Å². The minimum atomic E-state index is -2.92. The first-order chi connectivity index (χ1) is 13.8. The molecule has 0 fully saturated rings. The Bertz CT molecular complexity index is 961. The van der Waals surface area contributed by atoms with Crippen LogP contribution in [0.25, 0.3) is 0 Å². The zero-order valence-electron chi connectivity index (χ0n) is 16.1. The Hall–Kier alpha value is -3.04. The molecule has 1 aromatic carbocycles. The number of benzene rings is 1. The Morgan fingerprint density at radius 2 is 2.14 bits per heavy atom. The van der Waals surface area contributed by atoms with E-state index >= 15 is 0 Å². The number of likely N-dealkylation sites (N-methyl/N-ethyl adjacent to an activating group) is 1. The molecule has 2 amide bonds. The molecule has 2 atom stereocenters. The molecule has 3 heterocycles. The summed E-state index contributed by atoms with van der Waals surface area (Å²) >= 11 is 0. The lowest BCUT2D eigenvalue weighted by Gasteiger charge is -2.22. The number of carbonyl (C=O) groups is 2. The number of hydrogen-bond donors (Lipinski definition) is 1. The van der Waals surface area contributed by atoms with Crippen molar-refractivity contribution in [3.63, 3.8) is 0 Å². The molecule has 2 aliphatic rings. The maximum atomic E-state index is 14.1. The van der Waals surface area contributed by atoms with Crippen molar-refractivity contribution >= 4 is 17.5 Å². The van der Waals surface area contributed by atoms with Gasteiger partial charge in [0.1, 0.15) is 30.3 Å². The van der Waals surface area contributed by atoms with Crippen LogP contribution in [-0.4, -0.2) is 52.2 Å². The summed E-state index contributed by atoms with van der Waals surface area (Å²) < 4.78 is 35.1. The number of ether oxygens (including phenoxy) is 1. The third kappa shape index (κ3) is 3.32. The summed E-state index contributed by atoms with van der Waals surface area (Å²) in [4.78, 5) is 30.9. The molecule has 10 heteroatoms. The fourth-order valence-corrected chi connectivity index (χ4v) is 3.67. The lowest BCUT2D eigenvalue weighted by Crippen LogP contribution is -2.49. The van der Waals surface area contributed by atoms with E-state index < -0.39 is 23.9 Å². The SMILES string of the molecule is CCC(F)(F)C1CCc2nc(C(=O)N[C@H]3COc4ccccc4N(C)C3=O)nn21. The zero-order chi connectivity index (χ0) is 20.8. The van der Waals surface area contributed by atoms with Crippen molar-refractivity contribution in [1.82, 2.24) is 20.1 Å². The van der Waals surface area contributed by atoms with Gasteiger partial charge in [-0.2, -0.15) is 0 Å². The van der Waals surface area contributed by atoms with E-state index in [1.807, 2.05) is 0 Å². The van der Waals surface area contributed by atoms with E-state index in [1.54, 1.807) is 31.3 Å². The van der Waals surface area contributed by atoms with E-state index in [0.717, 1.165) is 4.68 Å². The number of amides is 2. The molecule has 0 spiro atoms. The van der Waals surface area contributed by atoms with Gasteiger partial charge in [-0.05, 0) is 18.6 Å². The average Bonchev–Trinajstić information content (AvgIpc) is 3.28. The molecule has 1 unspecified atom stereocenters. The summed E-state index contributed by atoms with van der Waals surface area (Å²) in [6.45, 7) is 1.35. The van der Waals surface area contributed by atoms with Gasteiger partial charge in [0.25, 0.3) is 17.7 Å². The molecule has 0 saturated carbocycles. The Kier molecular flexibility index (Phi) is 4.71. The number of aromatic nitrogens is 3. The molecule has 1 aromatic heterocycles. The van der Waals surface area contributed by atoms with Crippen LogP contribution in [-0.2, 0) is 11.2 Å². The number of rotatable bonds is 4. The highest BCUT2D eigenvalue weighted by Gasteiger charge is 2.44. The highest BCUT2D eigenvalue weighted by Crippen LogP contribution is 2.39. The maximum Gasteiger partial charge on any atom is 0.291 e. The second-order valence-corrected chi connectivity index (χ2v) is 7.17. The summed E-state index contributed by atoms with van der Waals surface area (Å²) in [6.07, 6.45) is 0.236. The van der Waals surface area contributed by atoms with Crippen molar-refractivity contribution in [3.05, 3.63) is 35.9 Å². The molecule has 2 aromatic rings. The largest absolute Gasteiger partial charge is 0.489 e. The monoisotopic (exact) mass is 405 g/mol. The van der Waals surface area contributed by atoms with Gasteiger partial charge in [-0.15, -0.1) is 5.10 Å². The van der Waals surface area contributed by atoms with Crippen LogP contribution < -0.4 is 15.0 Å². The van der Waals surface area contributed by atoms with Gasteiger partial charge in [0.2, 0.25) is 5.82 Å². The molecular weight excluding hydrogens is 384 g/mol. The molecule has 29 heavy (non-hydrogen) atoms. The first-order valence-corrected chi connectivity index (χ1v) is 9.45. The second kappa shape index (κ2) is 7.09. The second-order valence-electron chi connectivity index (χ2n) is 7.17. The van der Waals surface area contributed by atoms with E-state index in [2.05, 4.69) is 15.4 Å². The number of aryl methyl sites for hydroxylation is 1. The molecule has 154 valence electrons. The number of para-hydroxylation sites is 2. The van der Waals surface area contributed by atoms with Crippen LogP contribution in [0, 0.1) is 0 Å². The fraction of sp³-hybridized carbons (Fsp3) is 0.474. The normalized spacial score (nSPS) is 21.2. The van der Waals surface area contributed by atoms with Crippen LogP contribution in [0.3, 0.4) is 0 Å². The smallest absolute Gasteiger partial charge is 0.291 e. The lowest BCUT2D eigenvalue weighted by atomic mass is 10.1. The van der Waals surface area contributed by atoms with Crippen LogP contribution in [0.1, 0.15) is 42.3 Å². The summed E-state index contributed by atoms with van der Waals surface area (Å²) in [6, 6.07) is 4.98. The quantitative estimate of drug-likeness (QED) is 0.840. The summed E-state index contributed by atoms with van der Waals surface area (Å²) in [5, 5.41) is 6.57. The fourth-order valence-electron chi connectivity index (χ4n) is 3.67. The maximum absolute atomic E-state index is 14.1. The Morgan fingerprint density at radius 1 is 1.38 bits per heavy atom. The Morgan fingerprint density at radius 3 is 2.90 bits per heavy atom. The van der Waals surface area contributed by atoms with Gasteiger partial charge in [-0.25, -0.2) is 18.4 Å². The third-order valence-electron chi connectivity index (χ3n) is 5.37. The zero-order valence-corrected chi connectivity index (χ0v) is 16.1. The standard InChI is InChI=1S/C19H21F2N5O3/c1-3-19(20,21)14-8-9-15-23-16(24-26(14)15)17(27)22-11-10-29-13-7-5-4-6-12(13)25(2)18(11)28/h4-7,11,14H,3,8-10H2,1-2H3,(H,22,27)/t11-,14?/m0/s1. The van der Waals surface area contributed by atoms with Crippen LogP contribution >= 0.6 is 0 Å². The molecule has 0 aliphatic carbocycles. The predicted molar refractivity (Wildman–Crippen MR) is 99.2 cm³/mol. The molecular formula is C19H21F2N5O3. The summed E-state index contributed by atoms with van der Waals surface area (Å²) in [5.41, 5.74) is 0.595. The van der Waals surface area contributed by atoms with Crippen LogP contribution in [0.4, 0.5) is 14.5 Å². The van der Waals surface area contributed by atoms with Gasteiger partial charge in [0, 0.05) is 19.9 Å².